The zero-order valence-corrected chi connectivity index (χ0v) is 17.1. The third-order valence-corrected chi connectivity index (χ3v) is 5.32. The van der Waals surface area contributed by atoms with E-state index in [0.717, 1.165) is 50.0 Å². The second-order valence-corrected chi connectivity index (χ2v) is 7.33. The van der Waals surface area contributed by atoms with Crippen LogP contribution in [0.5, 0.6) is 5.75 Å². The molecule has 0 aliphatic carbocycles. The summed E-state index contributed by atoms with van der Waals surface area (Å²) in [5, 5.41) is 2.94. The minimum absolute atomic E-state index is 0.129. The van der Waals surface area contributed by atoms with Crippen LogP contribution in [0.25, 0.3) is 0 Å². The summed E-state index contributed by atoms with van der Waals surface area (Å²) in [5.41, 5.74) is 2.63. The molecular formula is C24H26N4O2. The maximum Gasteiger partial charge on any atom is 0.255 e. The van der Waals surface area contributed by atoms with Gasteiger partial charge in [-0.25, -0.2) is 4.98 Å². The Hall–Kier alpha value is -3.38. The second-order valence-electron chi connectivity index (χ2n) is 7.33. The van der Waals surface area contributed by atoms with E-state index in [1.165, 1.54) is 5.56 Å². The van der Waals surface area contributed by atoms with Crippen molar-refractivity contribution in [3.05, 3.63) is 84.1 Å². The Bertz CT molecular complexity index is 951. The van der Waals surface area contributed by atoms with Gasteiger partial charge in [-0.05, 0) is 54.1 Å². The first kappa shape index (κ1) is 19.9. The van der Waals surface area contributed by atoms with Crippen LogP contribution in [0.3, 0.4) is 0 Å². The summed E-state index contributed by atoms with van der Waals surface area (Å²) in [7, 11) is 1.61. The molecule has 154 valence electrons. The fraction of sp³-hybridized carbons (Fsp3) is 0.250. The average molecular weight is 402 g/mol. The van der Waals surface area contributed by atoms with E-state index in [1.807, 2.05) is 30.5 Å². The van der Waals surface area contributed by atoms with Crippen molar-refractivity contribution < 1.29 is 9.53 Å². The van der Waals surface area contributed by atoms with Crippen LogP contribution < -0.4 is 15.0 Å². The van der Waals surface area contributed by atoms with Gasteiger partial charge in [0, 0.05) is 50.2 Å². The van der Waals surface area contributed by atoms with Gasteiger partial charge in [0.2, 0.25) is 0 Å². The third kappa shape index (κ3) is 4.96. The van der Waals surface area contributed by atoms with E-state index in [0.29, 0.717) is 5.56 Å². The van der Waals surface area contributed by atoms with Crippen LogP contribution in [0.4, 0.5) is 11.5 Å². The van der Waals surface area contributed by atoms with E-state index in [1.54, 1.807) is 31.4 Å². The molecule has 6 nitrogen and oxygen atoms in total. The quantitative estimate of drug-likeness (QED) is 0.682. The topological polar surface area (TPSA) is 57.7 Å². The van der Waals surface area contributed by atoms with Crippen molar-refractivity contribution in [3.8, 4) is 5.75 Å². The Labute approximate surface area is 177 Å². The lowest BCUT2D eigenvalue weighted by molar-refractivity contribution is 0.102. The van der Waals surface area contributed by atoms with Gasteiger partial charge in [-0.2, -0.15) is 0 Å². The van der Waals surface area contributed by atoms with E-state index < -0.39 is 0 Å². The average Bonchev–Trinajstić information content (AvgIpc) is 2.81. The van der Waals surface area contributed by atoms with Crippen LogP contribution in [-0.4, -0.2) is 49.1 Å². The van der Waals surface area contributed by atoms with Crippen LogP contribution >= 0.6 is 0 Å². The van der Waals surface area contributed by atoms with Gasteiger partial charge in [0.05, 0.1) is 7.11 Å². The van der Waals surface area contributed by atoms with E-state index in [2.05, 4.69) is 38.3 Å². The Kier molecular flexibility index (Phi) is 6.25. The fourth-order valence-corrected chi connectivity index (χ4v) is 3.57. The second kappa shape index (κ2) is 9.41. The van der Waals surface area contributed by atoms with Crippen molar-refractivity contribution in [1.29, 1.82) is 0 Å². The number of anilines is 2. The molecule has 1 aliphatic rings. The molecule has 1 saturated heterocycles. The molecule has 0 atom stereocenters. The number of rotatable bonds is 6. The number of methoxy groups -OCH3 is 1. The number of nitrogens with zero attached hydrogens (tertiary/aromatic N) is 3. The number of carbonyl (C=O) groups excluding carboxylic acids is 1. The van der Waals surface area contributed by atoms with Gasteiger partial charge >= 0.3 is 0 Å². The monoisotopic (exact) mass is 402 g/mol. The summed E-state index contributed by atoms with van der Waals surface area (Å²) in [5.74, 6) is 1.65. The Morgan fingerprint density at radius 3 is 2.33 bits per heavy atom. The smallest absolute Gasteiger partial charge is 0.255 e. The van der Waals surface area contributed by atoms with Crippen LogP contribution in [0.1, 0.15) is 15.9 Å². The minimum atomic E-state index is -0.129. The molecule has 3 aromatic rings. The molecule has 1 aliphatic heterocycles. The van der Waals surface area contributed by atoms with E-state index >= 15 is 0 Å². The van der Waals surface area contributed by atoms with Gasteiger partial charge in [0.25, 0.3) is 5.91 Å². The van der Waals surface area contributed by atoms with E-state index in [9.17, 15) is 4.79 Å². The SMILES string of the molecule is COc1ccc(C(=O)Nc2ccc(CN3CCN(c4ccccn4)CC3)cc2)cc1. The fourth-order valence-electron chi connectivity index (χ4n) is 3.57. The zero-order chi connectivity index (χ0) is 20.8. The van der Waals surface area contributed by atoms with Gasteiger partial charge in [-0.3, -0.25) is 9.69 Å². The van der Waals surface area contributed by atoms with Crippen molar-refractivity contribution in [2.45, 2.75) is 6.54 Å². The van der Waals surface area contributed by atoms with Crippen molar-refractivity contribution in [3.63, 3.8) is 0 Å². The summed E-state index contributed by atoms with van der Waals surface area (Å²) in [6.07, 6.45) is 1.84. The standard InChI is InChI=1S/C24H26N4O2/c1-30-22-11-7-20(8-12-22)24(29)26-21-9-5-19(6-10-21)18-27-14-16-28(17-15-27)23-4-2-3-13-25-23/h2-13H,14-18H2,1H3,(H,26,29). The van der Waals surface area contributed by atoms with Crippen LogP contribution in [0, 0.1) is 0 Å². The summed E-state index contributed by atoms with van der Waals surface area (Å²) in [6.45, 7) is 4.88. The highest BCUT2D eigenvalue weighted by Crippen LogP contribution is 2.17. The first-order valence-electron chi connectivity index (χ1n) is 10.1. The van der Waals surface area contributed by atoms with Crippen molar-refractivity contribution in [1.82, 2.24) is 9.88 Å². The molecule has 1 N–H and O–H groups in total. The molecule has 0 radical (unpaired) electrons. The van der Waals surface area contributed by atoms with Gasteiger partial charge in [0.1, 0.15) is 11.6 Å². The highest BCUT2D eigenvalue weighted by Gasteiger charge is 2.17. The molecule has 0 bridgehead atoms. The van der Waals surface area contributed by atoms with Gasteiger partial charge < -0.3 is 15.0 Å². The van der Waals surface area contributed by atoms with Gasteiger partial charge in [0.15, 0.2) is 0 Å². The third-order valence-electron chi connectivity index (χ3n) is 5.32. The summed E-state index contributed by atoms with van der Waals surface area (Å²) in [6, 6.07) is 21.2. The lowest BCUT2D eigenvalue weighted by Crippen LogP contribution is -2.46. The molecule has 0 saturated carbocycles. The maximum absolute atomic E-state index is 12.4. The normalized spacial score (nSPS) is 14.4. The largest absolute Gasteiger partial charge is 0.497 e. The number of benzene rings is 2. The van der Waals surface area contributed by atoms with E-state index in [4.69, 9.17) is 4.74 Å². The number of nitrogens with one attached hydrogen (secondary N) is 1. The summed E-state index contributed by atoms with van der Waals surface area (Å²) >= 11 is 0. The van der Waals surface area contributed by atoms with Crippen molar-refractivity contribution >= 4 is 17.4 Å². The zero-order valence-electron chi connectivity index (χ0n) is 17.1. The predicted octanol–water partition coefficient (Wildman–Crippen LogP) is 3.66. The first-order chi connectivity index (χ1) is 14.7. The number of pyridine rings is 1. The number of aromatic nitrogens is 1. The lowest BCUT2D eigenvalue weighted by atomic mass is 10.1. The highest BCUT2D eigenvalue weighted by molar-refractivity contribution is 6.04. The Morgan fingerprint density at radius 2 is 1.70 bits per heavy atom. The van der Waals surface area contributed by atoms with Crippen LogP contribution in [0.2, 0.25) is 0 Å². The molecule has 2 aromatic carbocycles. The summed E-state index contributed by atoms with van der Waals surface area (Å²) in [4.78, 5) is 21.6. The van der Waals surface area contributed by atoms with Gasteiger partial charge in [-0.1, -0.05) is 18.2 Å². The summed E-state index contributed by atoms with van der Waals surface area (Å²) < 4.78 is 5.13. The molecule has 1 aromatic heterocycles. The number of carbonyl (C=O) groups is 1. The molecule has 2 heterocycles. The molecule has 6 heteroatoms. The molecule has 4 rings (SSSR count). The lowest BCUT2D eigenvalue weighted by Gasteiger charge is -2.35. The molecule has 30 heavy (non-hydrogen) atoms. The van der Waals surface area contributed by atoms with Crippen LogP contribution in [-0.2, 0) is 6.54 Å². The number of amides is 1. The van der Waals surface area contributed by atoms with Gasteiger partial charge in [-0.15, -0.1) is 0 Å². The molecule has 0 spiro atoms. The minimum Gasteiger partial charge on any atom is -0.497 e. The van der Waals surface area contributed by atoms with E-state index in [-0.39, 0.29) is 5.91 Å². The predicted molar refractivity (Wildman–Crippen MR) is 119 cm³/mol. The first-order valence-corrected chi connectivity index (χ1v) is 10.1. The number of piperazine rings is 1. The molecular weight excluding hydrogens is 376 g/mol. The Balaban J connectivity index is 1.28. The number of hydrogen-bond acceptors (Lipinski definition) is 5. The number of hydrogen-bond donors (Lipinski definition) is 1. The van der Waals surface area contributed by atoms with Crippen molar-refractivity contribution in [2.75, 3.05) is 43.5 Å². The molecule has 0 unspecified atom stereocenters. The van der Waals surface area contributed by atoms with Crippen LogP contribution in [0.15, 0.2) is 72.9 Å². The Morgan fingerprint density at radius 1 is 0.967 bits per heavy atom. The highest BCUT2D eigenvalue weighted by atomic mass is 16.5. The number of ether oxygens (including phenoxy) is 1. The molecule has 1 amide bonds. The van der Waals surface area contributed by atoms with Crippen molar-refractivity contribution in [2.24, 2.45) is 0 Å². The maximum atomic E-state index is 12.4. The molecule has 1 fully saturated rings.